The molecule has 0 saturated heterocycles. The minimum absolute atomic E-state index is 0.815. The lowest BCUT2D eigenvalue weighted by atomic mass is 9.89. The maximum atomic E-state index is 4.63. The highest BCUT2D eigenvalue weighted by atomic mass is 32.1. The van der Waals surface area contributed by atoms with Gasteiger partial charge < -0.3 is 0 Å². The van der Waals surface area contributed by atoms with Crippen LogP contribution in [0.2, 0.25) is 0 Å². The van der Waals surface area contributed by atoms with E-state index in [9.17, 15) is 0 Å². The van der Waals surface area contributed by atoms with Crippen molar-refractivity contribution in [2.75, 3.05) is 0 Å². The zero-order valence-electron chi connectivity index (χ0n) is 15.5. The van der Waals surface area contributed by atoms with Crippen LogP contribution < -0.4 is 0 Å². The minimum Gasteiger partial charge on any atom is -0.195 e. The number of nitrogens with zero attached hydrogens (tertiary/aromatic N) is 1. The highest BCUT2D eigenvalue weighted by Crippen LogP contribution is 2.30. The van der Waals surface area contributed by atoms with Crippen molar-refractivity contribution >= 4 is 29.1 Å². The number of allylic oxidation sites excluding steroid dienone is 1. The molecule has 0 aliphatic heterocycles. The minimum atomic E-state index is 0.815. The molecule has 2 heteroatoms. The molecule has 2 aromatic rings. The molecule has 1 nitrogen and oxygen atoms in total. The molecule has 134 valence electrons. The third-order valence-electron chi connectivity index (χ3n) is 5.61. The number of rotatable bonds is 3. The summed E-state index contributed by atoms with van der Waals surface area (Å²) in [5, 5.41) is 2.38. The van der Waals surface area contributed by atoms with Crippen molar-refractivity contribution in [1.29, 1.82) is 0 Å². The maximum Gasteiger partial charge on any atom is 0.0740 e. The smallest absolute Gasteiger partial charge is 0.0740 e. The molecule has 4 rings (SSSR count). The zero-order valence-corrected chi connectivity index (χ0v) is 16.3. The zero-order chi connectivity index (χ0) is 18.5. The normalized spacial score (nSPS) is 15.9. The molecule has 2 aromatic carbocycles. The lowest BCUT2D eigenvalue weighted by Gasteiger charge is -2.16. The summed E-state index contributed by atoms with van der Waals surface area (Å²) in [5.41, 5.74) is 7.37. The van der Waals surface area contributed by atoms with Gasteiger partial charge >= 0.3 is 0 Å². The number of isothiocyanates is 1. The van der Waals surface area contributed by atoms with Crippen LogP contribution in [0, 0.1) is 17.8 Å². The van der Waals surface area contributed by atoms with Crippen molar-refractivity contribution in [2.45, 2.75) is 44.9 Å². The highest BCUT2D eigenvalue weighted by molar-refractivity contribution is 7.78. The number of aliphatic imine (C=N–C) groups is 1. The Labute approximate surface area is 167 Å². The number of aryl methyl sites for hydroxylation is 1. The van der Waals surface area contributed by atoms with Crippen LogP contribution in [0.1, 0.15) is 54.4 Å². The van der Waals surface area contributed by atoms with Crippen molar-refractivity contribution < 1.29 is 0 Å². The fourth-order valence-electron chi connectivity index (χ4n) is 4.14. The van der Waals surface area contributed by atoms with E-state index in [2.05, 4.69) is 58.5 Å². The molecule has 0 aromatic heterocycles. The van der Waals surface area contributed by atoms with Crippen molar-refractivity contribution in [3.05, 3.63) is 70.3 Å². The van der Waals surface area contributed by atoms with Crippen LogP contribution in [-0.4, -0.2) is 5.16 Å². The second-order valence-corrected chi connectivity index (χ2v) is 7.74. The summed E-state index contributed by atoms with van der Waals surface area (Å²) in [6.45, 7) is 0. The second-order valence-electron chi connectivity index (χ2n) is 7.56. The first-order chi connectivity index (χ1) is 13.3. The Hall–Kier alpha value is -2.46. The monoisotopic (exact) mass is 369 g/mol. The largest absolute Gasteiger partial charge is 0.195 e. The van der Waals surface area contributed by atoms with E-state index >= 15 is 0 Å². The average molecular weight is 370 g/mol. The molecule has 0 N–H and O–H groups in total. The lowest BCUT2D eigenvalue weighted by Crippen LogP contribution is -2.03. The summed E-state index contributed by atoms with van der Waals surface area (Å²) in [4.78, 5) is 3.97. The summed E-state index contributed by atoms with van der Waals surface area (Å²) >= 11 is 4.63. The summed E-state index contributed by atoms with van der Waals surface area (Å²) in [7, 11) is 0. The molecule has 0 amide bonds. The van der Waals surface area contributed by atoms with Gasteiger partial charge in [0.05, 0.1) is 10.8 Å². The van der Waals surface area contributed by atoms with E-state index in [1.165, 1.54) is 54.4 Å². The number of hydrogen-bond donors (Lipinski definition) is 0. The van der Waals surface area contributed by atoms with E-state index in [-0.39, 0.29) is 0 Å². The predicted molar refractivity (Wildman–Crippen MR) is 116 cm³/mol. The molecule has 0 bridgehead atoms. The molecule has 27 heavy (non-hydrogen) atoms. The summed E-state index contributed by atoms with van der Waals surface area (Å²) in [6, 6.07) is 14.8. The molecule has 1 saturated carbocycles. The summed E-state index contributed by atoms with van der Waals surface area (Å²) < 4.78 is 0. The van der Waals surface area contributed by atoms with Crippen molar-refractivity contribution in [2.24, 2.45) is 10.9 Å². The van der Waals surface area contributed by atoms with Crippen LogP contribution in [0.4, 0.5) is 5.69 Å². The molecular formula is C25H23NS. The Morgan fingerprint density at radius 1 is 0.963 bits per heavy atom. The van der Waals surface area contributed by atoms with Gasteiger partial charge in [0.15, 0.2) is 0 Å². The highest BCUT2D eigenvalue weighted by Gasteiger charge is 2.16. The first kappa shape index (κ1) is 17.9. The molecular weight excluding hydrogens is 346 g/mol. The van der Waals surface area contributed by atoms with Gasteiger partial charge in [-0.2, -0.15) is 4.99 Å². The molecule has 0 radical (unpaired) electrons. The topological polar surface area (TPSA) is 12.4 Å². The fourth-order valence-corrected chi connectivity index (χ4v) is 4.25. The third kappa shape index (κ3) is 4.64. The molecule has 0 unspecified atom stereocenters. The van der Waals surface area contributed by atoms with Gasteiger partial charge in [0, 0.05) is 11.1 Å². The van der Waals surface area contributed by atoms with Crippen LogP contribution in [0.5, 0.6) is 0 Å². The first-order valence-electron chi connectivity index (χ1n) is 9.82. The standard InChI is InChI=1S/C25H23NS/c27-18-26-25-13-9-19(10-14-25)5-6-21-7-11-24-17-22(8-12-23(24)16-21)15-20-3-1-2-4-20/h8-10,12-14,16-17,20H,1-4,7,11,15H2. The van der Waals surface area contributed by atoms with Crippen molar-refractivity contribution in [3.8, 4) is 11.8 Å². The van der Waals surface area contributed by atoms with Gasteiger partial charge in [-0.3, -0.25) is 0 Å². The quantitative estimate of drug-likeness (QED) is 0.340. The molecule has 0 heterocycles. The molecule has 2 aliphatic rings. The third-order valence-corrected chi connectivity index (χ3v) is 5.70. The van der Waals surface area contributed by atoms with Gasteiger partial charge in [-0.15, -0.1) is 0 Å². The number of thiocarbonyl (C=S) groups is 1. The van der Waals surface area contributed by atoms with E-state index < -0.39 is 0 Å². The van der Waals surface area contributed by atoms with Gasteiger partial charge in [0.1, 0.15) is 0 Å². The lowest BCUT2D eigenvalue weighted by molar-refractivity contribution is 0.546. The van der Waals surface area contributed by atoms with Crippen molar-refractivity contribution in [3.63, 3.8) is 0 Å². The van der Waals surface area contributed by atoms with E-state index in [1.54, 1.807) is 0 Å². The number of hydrogen-bond acceptors (Lipinski definition) is 2. The van der Waals surface area contributed by atoms with E-state index in [1.807, 2.05) is 24.3 Å². The van der Waals surface area contributed by atoms with Gasteiger partial charge in [-0.05, 0) is 84.4 Å². The number of benzene rings is 2. The van der Waals surface area contributed by atoms with Gasteiger partial charge in [-0.1, -0.05) is 55.7 Å². The molecule has 0 spiro atoms. The summed E-state index contributed by atoms with van der Waals surface area (Å²) in [6.07, 6.45) is 11.3. The fraction of sp³-hybridized carbons (Fsp3) is 0.320. The SMILES string of the molecule is S=C=Nc1ccc(C#CC2=Cc3ccc(CC4CCCC4)cc3CC2)cc1. The average Bonchev–Trinajstić information content (AvgIpc) is 3.21. The molecule has 2 aliphatic carbocycles. The summed E-state index contributed by atoms with van der Waals surface area (Å²) in [5.74, 6) is 7.52. The Balaban J connectivity index is 1.47. The van der Waals surface area contributed by atoms with Gasteiger partial charge in [-0.25, -0.2) is 0 Å². The van der Waals surface area contributed by atoms with Crippen LogP contribution in [-0.2, 0) is 12.8 Å². The van der Waals surface area contributed by atoms with Crippen LogP contribution in [0.25, 0.3) is 6.08 Å². The van der Waals surface area contributed by atoms with E-state index in [4.69, 9.17) is 0 Å². The molecule has 1 fully saturated rings. The number of fused-ring (bicyclic) bond motifs is 1. The van der Waals surface area contributed by atoms with Crippen LogP contribution >= 0.6 is 12.2 Å². The maximum absolute atomic E-state index is 4.63. The van der Waals surface area contributed by atoms with E-state index in [0.29, 0.717) is 0 Å². The Kier molecular flexibility index (Phi) is 5.64. The first-order valence-corrected chi connectivity index (χ1v) is 10.2. The predicted octanol–water partition coefficient (Wildman–Crippen LogP) is 6.53. The van der Waals surface area contributed by atoms with Crippen LogP contribution in [0.3, 0.4) is 0 Å². The van der Waals surface area contributed by atoms with Gasteiger partial charge in [0.25, 0.3) is 0 Å². The Morgan fingerprint density at radius 2 is 1.78 bits per heavy atom. The van der Waals surface area contributed by atoms with Crippen molar-refractivity contribution in [1.82, 2.24) is 0 Å². The van der Waals surface area contributed by atoms with Crippen LogP contribution in [0.15, 0.2) is 53.0 Å². The Morgan fingerprint density at radius 3 is 2.56 bits per heavy atom. The Bertz CT molecular complexity index is 960. The van der Waals surface area contributed by atoms with Gasteiger partial charge in [0.2, 0.25) is 0 Å². The van der Waals surface area contributed by atoms with E-state index in [0.717, 1.165) is 30.0 Å². The second kappa shape index (κ2) is 8.49. The molecule has 0 atom stereocenters.